The van der Waals surface area contributed by atoms with E-state index in [0.717, 1.165) is 44.6 Å². The Morgan fingerprint density at radius 3 is 2.86 bits per heavy atom. The van der Waals surface area contributed by atoms with E-state index in [1.807, 2.05) is 19.0 Å². The van der Waals surface area contributed by atoms with Crippen molar-refractivity contribution in [2.24, 2.45) is 0 Å². The van der Waals surface area contributed by atoms with E-state index in [-0.39, 0.29) is 12.0 Å². The molecule has 0 bridgehead atoms. The molecule has 1 aliphatic rings. The first-order valence-corrected chi connectivity index (χ1v) is 8.11. The van der Waals surface area contributed by atoms with Gasteiger partial charge in [-0.05, 0) is 33.4 Å². The number of aryl methyl sites for hydroxylation is 1. The molecule has 1 amide bonds. The number of aromatic nitrogens is 1. The lowest BCUT2D eigenvalue weighted by atomic mass is 10.2. The van der Waals surface area contributed by atoms with Crippen molar-refractivity contribution < 1.29 is 14.1 Å². The van der Waals surface area contributed by atoms with Crippen LogP contribution in [0.25, 0.3) is 0 Å². The molecule has 124 valence electrons. The lowest BCUT2D eigenvalue weighted by Crippen LogP contribution is -2.41. The van der Waals surface area contributed by atoms with E-state index in [2.05, 4.69) is 17.0 Å². The summed E-state index contributed by atoms with van der Waals surface area (Å²) in [6, 6.07) is 1.77. The molecule has 0 unspecified atom stereocenters. The molecule has 1 aromatic rings. The van der Waals surface area contributed by atoms with Crippen molar-refractivity contribution in [3.05, 3.63) is 17.5 Å². The summed E-state index contributed by atoms with van der Waals surface area (Å²) in [5.74, 6) is 0.707. The van der Waals surface area contributed by atoms with E-state index in [1.54, 1.807) is 6.07 Å². The van der Waals surface area contributed by atoms with E-state index < -0.39 is 0 Å². The molecule has 1 saturated heterocycles. The van der Waals surface area contributed by atoms with Gasteiger partial charge in [-0.2, -0.15) is 0 Å². The fraction of sp³-hybridized carbons (Fsp3) is 0.750. The van der Waals surface area contributed by atoms with Gasteiger partial charge in [0.1, 0.15) is 5.76 Å². The zero-order valence-corrected chi connectivity index (χ0v) is 13.9. The van der Waals surface area contributed by atoms with Crippen LogP contribution in [0.15, 0.2) is 10.6 Å². The van der Waals surface area contributed by atoms with E-state index in [9.17, 15) is 4.79 Å². The molecule has 1 aromatic heterocycles. The molecule has 2 heterocycles. The lowest BCUT2D eigenvalue weighted by Gasteiger charge is -2.26. The Morgan fingerprint density at radius 1 is 1.41 bits per heavy atom. The highest BCUT2D eigenvalue weighted by molar-refractivity contribution is 5.92. The molecule has 2 rings (SSSR count). The Balaban J connectivity index is 2.02. The molecular weight excluding hydrogens is 282 g/mol. The van der Waals surface area contributed by atoms with E-state index in [1.165, 1.54) is 0 Å². The van der Waals surface area contributed by atoms with Gasteiger partial charge in [-0.1, -0.05) is 12.1 Å². The largest absolute Gasteiger partial charge is 0.376 e. The first kappa shape index (κ1) is 17.0. The minimum Gasteiger partial charge on any atom is -0.376 e. The second-order valence-electron chi connectivity index (χ2n) is 6.12. The molecule has 1 aliphatic heterocycles. The number of nitrogens with zero attached hydrogens (tertiary/aromatic N) is 3. The van der Waals surface area contributed by atoms with Crippen LogP contribution in [0, 0.1) is 0 Å². The van der Waals surface area contributed by atoms with Crippen LogP contribution in [-0.4, -0.2) is 67.3 Å². The normalized spacial score (nSPS) is 18.1. The van der Waals surface area contributed by atoms with Gasteiger partial charge in [0, 0.05) is 38.7 Å². The van der Waals surface area contributed by atoms with E-state index >= 15 is 0 Å². The molecule has 0 radical (unpaired) electrons. The highest BCUT2D eigenvalue weighted by atomic mass is 16.5. The number of hydrogen-bond donors (Lipinski definition) is 0. The highest BCUT2D eigenvalue weighted by Gasteiger charge is 2.25. The minimum atomic E-state index is -0.0662. The van der Waals surface area contributed by atoms with Crippen molar-refractivity contribution in [1.82, 2.24) is 15.0 Å². The van der Waals surface area contributed by atoms with Gasteiger partial charge in [-0.3, -0.25) is 4.79 Å². The summed E-state index contributed by atoms with van der Waals surface area (Å²) in [5.41, 5.74) is 0.403. The first-order chi connectivity index (χ1) is 10.6. The smallest absolute Gasteiger partial charge is 0.276 e. The number of rotatable bonds is 8. The van der Waals surface area contributed by atoms with Gasteiger partial charge < -0.3 is 19.1 Å². The number of likely N-dealkylation sites (N-methyl/N-ethyl adjacent to an activating group) is 1. The van der Waals surface area contributed by atoms with Crippen molar-refractivity contribution in [3.8, 4) is 0 Å². The van der Waals surface area contributed by atoms with Crippen LogP contribution >= 0.6 is 0 Å². The van der Waals surface area contributed by atoms with Crippen LogP contribution in [0.5, 0.6) is 0 Å². The highest BCUT2D eigenvalue weighted by Crippen LogP contribution is 2.15. The zero-order valence-electron chi connectivity index (χ0n) is 13.9. The third-order valence-electron chi connectivity index (χ3n) is 3.83. The third kappa shape index (κ3) is 4.81. The number of carbonyl (C=O) groups is 1. The lowest BCUT2D eigenvalue weighted by molar-refractivity contribution is 0.0504. The molecule has 0 N–H and O–H groups in total. The number of amides is 1. The minimum absolute atomic E-state index is 0.0662. The van der Waals surface area contributed by atoms with Gasteiger partial charge in [0.2, 0.25) is 0 Å². The molecule has 6 nitrogen and oxygen atoms in total. The van der Waals surface area contributed by atoms with Crippen molar-refractivity contribution in [2.75, 3.05) is 40.3 Å². The van der Waals surface area contributed by atoms with Crippen LogP contribution in [0.3, 0.4) is 0 Å². The molecule has 6 heteroatoms. The fourth-order valence-corrected chi connectivity index (χ4v) is 2.57. The van der Waals surface area contributed by atoms with Gasteiger partial charge in [0.15, 0.2) is 5.69 Å². The maximum atomic E-state index is 12.7. The Kier molecular flexibility index (Phi) is 6.39. The second kappa shape index (κ2) is 8.29. The Morgan fingerprint density at radius 2 is 2.23 bits per heavy atom. The van der Waals surface area contributed by atoms with Gasteiger partial charge in [0.25, 0.3) is 5.91 Å². The predicted molar refractivity (Wildman–Crippen MR) is 83.9 cm³/mol. The van der Waals surface area contributed by atoms with E-state index in [0.29, 0.717) is 18.8 Å². The van der Waals surface area contributed by atoms with E-state index in [4.69, 9.17) is 9.26 Å². The Hall–Kier alpha value is -1.40. The summed E-state index contributed by atoms with van der Waals surface area (Å²) in [4.78, 5) is 16.6. The third-order valence-corrected chi connectivity index (χ3v) is 3.83. The first-order valence-electron chi connectivity index (χ1n) is 8.11. The standard InChI is InChI=1S/C16H27N3O3/c1-4-6-13-11-15(17-22-13)16(20)19(9-8-18(2)3)12-14-7-5-10-21-14/h11,14H,4-10,12H2,1-3H3/t14-/m1/s1. The molecule has 1 fully saturated rings. The molecule has 0 spiro atoms. The average Bonchev–Trinajstić information content (AvgIpc) is 3.14. The SMILES string of the molecule is CCCc1cc(C(=O)N(CCN(C)C)C[C@H]2CCCO2)no1. The average molecular weight is 309 g/mol. The summed E-state index contributed by atoms with van der Waals surface area (Å²) in [7, 11) is 4.01. The molecule has 0 saturated carbocycles. The topological polar surface area (TPSA) is 58.8 Å². The van der Waals surface area contributed by atoms with Crippen LogP contribution in [0.4, 0.5) is 0 Å². The van der Waals surface area contributed by atoms with Crippen LogP contribution in [0.2, 0.25) is 0 Å². The Labute approximate surface area is 132 Å². The molecule has 0 aromatic carbocycles. The quantitative estimate of drug-likeness (QED) is 0.733. The summed E-state index contributed by atoms with van der Waals surface area (Å²) in [6.45, 7) is 4.98. The van der Waals surface area contributed by atoms with Gasteiger partial charge in [-0.25, -0.2) is 0 Å². The van der Waals surface area contributed by atoms with Crippen molar-refractivity contribution >= 4 is 5.91 Å². The number of carbonyl (C=O) groups excluding carboxylic acids is 1. The van der Waals surface area contributed by atoms with Gasteiger partial charge in [-0.15, -0.1) is 0 Å². The van der Waals surface area contributed by atoms with Gasteiger partial charge in [0.05, 0.1) is 6.10 Å². The van der Waals surface area contributed by atoms with Gasteiger partial charge >= 0.3 is 0 Å². The zero-order chi connectivity index (χ0) is 15.9. The van der Waals surface area contributed by atoms with Crippen molar-refractivity contribution in [1.29, 1.82) is 0 Å². The summed E-state index contributed by atoms with van der Waals surface area (Å²) in [5, 5.41) is 3.94. The molecule has 1 atom stereocenters. The summed E-state index contributed by atoms with van der Waals surface area (Å²) < 4.78 is 10.9. The molecular formula is C16H27N3O3. The second-order valence-corrected chi connectivity index (χ2v) is 6.12. The monoisotopic (exact) mass is 309 g/mol. The van der Waals surface area contributed by atoms with Crippen molar-refractivity contribution in [3.63, 3.8) is 0 Å². The number of hydrogen-bond acceptors (Lipinski definition) is 5. The van der Waals surface area contributed by atoms with Crippen molar-refractivity contribution in [2.45, 2.75) is 38.7 Å². The number of ether oxygens (including phenoxy) is 1. The molecule has 0 aliphatic carbocycles. The summed E-state index contributed by atoms with van der Waals surface area (Å²) in [6.07, 6.45) is 4.02. The van der Waals surface area contributed by atoms with Crippen LogP contribution in [-0.2, 0) is 11.2 Å². The fourth-order valence-electron chi connectivity index (χ4n) is 2.57. The van der Waals surface area contributed by atoms with Crippen LogP contribution < -0.4 is 0 Å². The summed E-state index contributed by atoms with van der Waals surface area (Å²) >= 11 is 0. The Bertz CT molecular complexity index is 467. The van der Waals surface area contributed by atoms with Crippen LogP contribution in [0.1, 0.15) is 42.4 Å². The maximum Gasteiger partial charge on any atom is 0.276 e. The molecule has 22 heavy (non-hydrogen) atoms. The maximum absolute atomic E-state index is 12.7. The predicted octanol–water partition coefficient (Wildman–Crippen LogP) is 1.81.